The van der Waals surface area contributed by atoms with Crippen LogP contribution in [0.1, 0.15) is 51.1 Å². The molecule has 3 N–H and O–H groups in total. The Bertz CT molecular complexity index is 525. The maximum Gasteiger partial charge on any atom is 0.221 e. The molecule has 1 aliphatic carbocycles. The van der Waals surface area contributed by atoms with E-state index in [0.717, 1.165) is 31.2 Å². The number of carbonyl (C=O) groups is 1. The van der Waals surface area contributed by atoms with E-state index in [2.05, 4.69) is 17.6 Å². The first-order valence-electron chi connectivity index (χ1n) is 8.36. The Hall–Kier alpha value is -1.59. The topological polar surface area (TPSA) is 70.6 Å². The van der Waals surface area contributed by atoms with Gasteiger partial charge < -0.3 is 20.5 Å². The molecule has 1 fully saturated rings. The van der Waals surface area contributed by atoms with Gasteiger partial charge in [0.05, 0.1) is 12.8 Å². The van der Waals surface area contributed by atoms with Crippen molar-refractivity contribution in [1.82, 2.24) is 5.32 Å². The summed E-state index contributed by atoms with van der Waals surface area (Å²) in [6.07, 6.45) is 4.37. The SMILES string of the molecule is COc1ccc(C(C)NC2CCC(CO)CC2)cc1NC(C)=O. The first kappa shape index (κ1) is 17.8. The van der Waals surface area contributed by atoms with E-state index in [9.17, 15) is 9.90 Å². The van der Waals surface area contributed by atoms with Gasteiger partial charge in [-0.3, -0.25) is 4.79 Å². The average Bonchev–Trinajstić information content (AvgIpc) is 2.55. The highest BCUT2D eigenvalue weighted by atomic mass is 16.5. The highest BCUT2D eigenvalue weighted by molar-refractivity contribution is 5.90. The summed E-state index contributed by atoms with van der Waals surface area (Å²) in [5, 5.41) is 15.7. The van der Waals surface area contributed by atoms with Gasteiger partial charge in [0, 0.05) is 25.6 Å². The fraction of sp³-hybridized carbons (Fsp3) is 0.611. The van der Waals surface area contributed by atoms with Crippen molar-refractivity contribution in [2.75, 3.05) is 19.0 Å². The molecule has 0 radical (unpaired) electrons. The normalized spacial score (nSPS) is 22.4. The lowest BCUT2D eigenvalue weighted by Gasteiger charge is -2.30. The number of benzene rings is 1. The summed E-state index contributed by atoms with van der Waals surface area (Å²) in [6.45, 7) is 3.94. The molecule has 0 spiro atoms. The first-order chi connectivity index (χ1) is 11.0. The molecule has 0 heterocycles. The summed E-state index contributed by atoms with van der Waals surface area (Å²) in [7, 11) is 1.60. The van der Waals surface area contributed by atoms with Crippen LogP contribution >= 0.6 is 0 Å². The number of nitrogens with one attached hydrogen (secondary N) is 2. The van der Waals surface area contributed by atoms with Gasteiger partial charge >= 0.3 is 0 Å². The predicted octanol–water partition coefficient (Wildman–Crippen LogP) is 2.86. The van der Waals surface area contributed by atoms with Gasteiger partial charge in [-0.05, 0) is 56.2 Å². The Morgan fingerprint density at radius 3 is 2.61 bits per heavy atom. The molecule has 128 valence electrons. The van der Waals surface area contributed by atoms with E-state index in [0.29, 0.717) is 30.0 Å². The Kier molecular flexibility index (Phi) is 6.42. The second-order valence-corrected chi connectivity index (χ2v) is 6.43. The van der Waals surface area contributed by atoms with Crippen LogP contribution in [0.3, 0.4) is 0 Å². The van der Waals surface area contributed by atoms with Gasteiger partial charge in [0.2, 0.25) is 5.91 Å². The van der Waals surface area contributed by atoms with E-state index in [1.807, 2.05) is 18.2 Å². The van der Waals surface area contributed by atoms with Crippen LogP contribution < -0.4 is 15.4 Å². The third-order valence-electron chi connectivity index (χ3n) is 4.62. The van der Waals surface area contributed by atoms with Crippen LogP contribution in [0.2, 0.25) is 0 Å². The molecular weight excluding hydrogens is 292 g/mol. The second-order valence-electron chi connectivity index (χ2n) is 6.43. The molecule has 5 heteroatoms. The lowest BCUT2D eigenvalue weighted by molar-refractivity contribution is -0.114. The Labute approximate surface area is 138 Å². The van der Waals surface area contributed by atoms with E-state index in [1.54, 1.807) is 7.11 Å². The summed E-state index contributed by atoms with van der Waals surface area (Å²) in [6, 6.07) is 6.57. The maximum atomic E-state index is 11.3. The number of aliphatic hydroxyl groups is 1. The van der Waals surface area contributed by atoms with Gasteiger partial charge in [-0.1, -0.05) is 6.07 Å². The Balaban J connectivity index is 2.01. The van der Waals surface area contributed by atoms with Crippen LogP contribution in [0.25, 0.3) is 0 Å². The predicted molar refractivity (Wildman–Crippen MR) is 91.7 cm³/mol. The minimum atomic E-state index is -0.108. The molecule has 1 unspecified atom stereocenters. The summed E-state index contributed by atoms with van der Waals surface area (Å²) >= 11 is 0. The van der Waals surface area contributed by atoms with E-state index in [1.165, 1.54) is 6.92 Å². The lowest BCUT2D eigenvalue weighted by atomic mass is 9.86. The summed E-state index contributed by atoms with van der Waals surface area (Å²) in [5.74, 6) is 1.03. The molecule has 1 aliphatic rings. The molecule has 0 aromatic heterocycles. The van der Waals surface area contributed by atoms with Crippen molar-refractivity contribution in [1.29, 1.82) is 0 Å². The van der Waals surface area contributed by atoms with E-state index in [4.69, 9.17) is 4.74 Å². The van der Waals surface area contributed by atoms with Crippen LogP contribution in [0, 0.1) is 5.92 Å². The number of hydrogen-bond donors (Lipinski definition) is 3. The zero-order valence-electron chi connectivity index (χ0n) is 14.3. The highest BCUT2D eigenvalue weighted by Crippen LogP contribution is 2.30. The molecule has 1 saturated carbocycles. The van der Waals surface area contributed by atoms with Gasteiger partial charge in [-0.2, -0.15) is 0 Å². The van der Waals surface area contributed by atoms with Crippen molar-refractivity contribution in [3.05, 3.63) is 23.8 Å². The number of ether oxygens (including phenoxy) is 1. The summed E-state index contributed by atoms with van der Waals surface area (Å²) in [5.41, 5.74) is 1.83. The zero-order chi connectivity index (χ0) is 16.8. The fourth-order valence-electron chi connectivity index (χ4n) is 3.24. The van der Waals surface area contributed by atoms with Gasteiger partial charge in [-0.25, -0.2) is 0 Å². The first-order valence-corrected chi connectivity index (χ1v) is 8.36. The maximum absolute atomic E-state index is 11.3. The molecule has 1 atom stereocenters. The molecule has 0 saturated heterocycles. The molecule has 1 amide bonds. The number of methoxy groups -OCH3 is 1. The molecule has 1 aromatic carbocycles. The number of anilines is 1. The third kappa shape index (κ3) is 4.94. The van der Waals surface area contributed by atoms with Gasteiger partial charge in [0.15, 0.2) is 0 Å². The van der Waals surface area contributed by atoms with E-state index < -0.39 is 0 Å². The molecule has 2 rings (SSSR count). The number of carbonyl (C=O) groups excluding carboxylic acids is 1. The van der Waals surface area contributed by atoms with Crippen molar-refractivity contribution in [2.45, 2.75) is 51.6 Å². The zero-order valence-corrected chi connectivity index (χ0v) is 14.3. The van der Waals surface area contributed by atoms with Crippen LogP contribution in [-0.2, 0) is 4.79 Å². The fourth-order valence-corrected chi connectivity index (χ4v) is 3.24. The molecule has 0 aliphatic heterocycles. The van der Waals surface area contributed by atoms with Gasteiger partial charge in [0.25, 0.3) is 0 Å². The Morgan fingerprint density at radius 1 is 1.35 bits per heavy atom. The minimum absolute atomic E-state index is 0.108. The van der Waals surface area contributed by atoms with Crippen molar-refractivity contribution >= 4 is 11.6 Å². The van der Waals surface area contributed by atoms with Crippen molar-refractivity contribution in [3.8, 4) is 5.75 Å². The second kappa shape index (κ2) is 8.31. The Morgan fingerprint density at radius 2 is 2.04 bits per heavy atom. The number of hydrogen-bond acceptors (Lipinski definition) is 4. The average molecular weight is 320 g/mol. The van der Waals surface area contributed by atoms with Gasteiger partial charge in [0.1, 0.15) is 5.75 Å². The number of amides is 1. The van der Waals surface area contributed by atoms with Crippen LogP contribution in [0.15, 0.2) is 18.2 Å². The number of aliphatic hydroxyl groups excluding tert-OH is 1. The number of rotatable bonds is 6. The van der Waals surface area contributed by atoms with Gasteiger partial charge in [-0.15, -0.1) is 0 Å². The molecule has 23 heavy (non-hydrogen) atoms. The molecular formula is C18H28N2O3. The smallest absolute Gasteiger partial charge is 0.221 e. The van der Waals surface area contributed by atoms with Crippen molar-refractivity contribution < 1.29 is 14.6 Å². The largest absolute Gasteiger partial charge is 0.495 e. The quantitative estimate of drug-likeness (QED) is 0.754. The third-order valence-corrected chi connectivity index (χ3v) is 4.62. The monoisotopic (exact) mass is 320 g/mol. The highest BCUT2D eigenvalue weighted by Gasteiger charge is 2.22. The molecule has 1 aromatic rings. The lowest BCUT2D eigenvalue weighted by Crippen LogP contribution is -2.35. The van der Waals surface area contributed by atoms with Crippen molar-refractivity contribution in [2.24, 2.45) is 5.92 Å². The van der Waals surface area contributed by atoms with Crippen LogP contribution in [0.5, 0.6) is 5.75 Å². The molecule has 5 nitrogen and oxygen atoms in total. The van der Waals surface area contributed by atoms with Crippen LogP contribution in [0.4, 0.5) is 5.69 Å². The van der Waals surface area contributed by atoms with E-state index >= 15 is 0 Å². The minimum Gasteiger partial charge on any atom is -0.495 e. The van der Waals surface area contributed by atoms with E-state index in [-0.39, 0.29) is 11.9 Å². The summed E-state index contributed by atoms with van der Waals surface area (Å²) in [4.78, 5) is 11.3. The van der Waals surface area contributed by atoms with Crippen LogP contribution in [-0.4, -0.2) is 30.8 Å². The summed E-state index contributed by atoms with van der Waals surface area (Å²) < 4.78 is 5.30. The molecule has 0 bridgehead atoms. The standard InChI is InChI=1S/C18H28N2O3/c1-12(19-16-7-4-14(11-21)5-8-16)15-6-9-18(23-3)17(10-15)20-13(2)22/h6,9-10,12,14,16,19,21H,4-5,7-8,11H2,1-3H3,(H,20,22). The van der Waals surface area contributed by atoms with Crippen molar-refractivity contribution in [3.63, 3.8) is 0 Å².